The zero-order valence-electron chi connectivity index (χ0n) is 17.1. The Balaban J connectivity index is 1.87. The van der Waals surface area contributed by atoms with Gasteiger partial charge in [-0.2, -0.15) is 0 Å². The van der Waals surface area contributed by atoms with Gasteiger partial charge in [-0.05, 0) is 57.9 Å². The van der Waals surface area contributed by atoms with E-state index >= 15 is 0 Å². The average molecular weight is 381 g/mol. The minimum Gasteiger partial charge on any atom is -0.453 e. The number of ketones is 1. The summed E-state index contributed by atoms with van der Waals surface area (Å²) in [5.41, 5.74) is 5.21. The zero-order valence-corrected chi connectivity index (χ0v) is 17.1. The first-order valence-electron chi connectivity index (χ1n) is 9.35. The standard InChI is InChI=1S/C23H27NO4/c1-14-7-9-20(17(4)12-14)24-23(27)18(5)28-22(26)11-10-21(25)19-13-15(2)6-8-16(19)3/h6-9,12-13,18H,10-11H2,1-5H3,(H,24,27)/t18-/m1/s1. The molecule has 0 saturated carbocycles. The summed E-state index contributed by atoms with van der Waals surface area (Å²) < 4.78 is 5.19. The second-order valence-corrected chi connectivity index (χ2v) is 7.18. The molecule has 0 aliphatic heterocycles. The average Bonchev–Trinajstić information content (AvgIpc) is 2.63. The van der Waals surface area contributed by atoms with E-state index in [2.05, 4.69) is 5.32 Å². The molecule has 1 N–H and O–H groups in total. The van der Waals surface area contributed by atoms with E-state index in [9.17, 15) is 14.4 Å². The third-order valence-corrected chi connectivity index (χ3v) is 4.57. The molecule has 1 atom stereocenters. The van der Waals surface area contributed by atoms with E-state index in [1.54, 1.807) is 0 Å². The molecule has 0 spiro atoms. The summed E-state index contributed by atoms with van der Waals surface area (Å²) in [6.07, 6.45) is -0.953. The number of carbonyl (C=O) groups excluding carboxylic acids is 3. The van der Waals surface area contributed by atoms with E-state index in [0.29, 0.717) is 11.3 Å². The summed E-state index contributed by atoms with van der Waals surface area (Å²) >= 11 is 0. The van der Waals surface area contributed by atoms with Crippen molar-refractivity contribution >= 4 is 23.3 Å². The summed E-state index contributed by atoms with van der Waals surface area (Å²) in [5, 5.41) is 2.76. The fourth-order valence-corrected chi connectivity index (χ4v) is 2.88. The van der Waals surface area contributed by atoms with Crippen molar-refractivity contribution in [2.24, 2.45) is 0 Å². The lowest BCUT2D eigenvalue weighted by Gasteiger charge is -2.15. The number of rotatable bonds is 7. The molecule has 0 aliphatic carbocycles. The van der Waals surface area contributed by atoms with E-state index in [-0.39, 0.29) is 18.6 Å². The third kappa shape index (κ3) is 5.78. The van der Waals surface area contributed by atoms with Crippen molar-refractivity contribution in [2.75, 3.05) is 5.32 Å². The highest BCUT2D eigenvalue weighted by atomic mass is 16.5. The molecule has 5 heteroatoms. The van der Waals surface area contributed by atoms with Crippen LogP contribution in [-0.4, -0.2) is 23.8 Å². The number of hydrogen-bond acceptors (Lipinski definition) is 4. The minimum atomic E-state index is -0.941. The van der Waals surface area contributed by atoms with Gasteiger partial charge in [-0.15, -0.1) is 0 Å². The maximum absolute atomic E-state index is 12.4. The minimum absolute atomic E-state index is 0.0501. The molecule has 5 nitrogen and oxygen atoms in total. The van der Waals surface area contributed by atoms with Gasteiger partial charge in [0, 0.05) is 17.7 Å². The monoisotopic (exact) mass is 381 g/mol. The third-order valence-electron chi connectivity index (χ3n) is 4.57. The van der Waals surface area contributed by atoms with Crippen molar-refractivity contribution in [3.63, 3.8) is 0 Å². The number of ether oxygens (including phenoxy) is 1. The van der Waals surface area contributed by atoms with E-state index in [4.69, 9.17) is 4.74 Å². The number of nitrogens with one attached hydrogen (secondary N) is 1. The maximum Gasteiger partial charge on any atom is 0.307 e. The quantitative estimate of drug-likeness (QED) is 0.568. The van der Waals surface area contributed by atoms with Crippen LogP contribution in [0, 0.1) is 27.7 Å². The highest BCUT2D eigenvalue weighted by molar-refractivity contribution is 5.99. The Hall–Kier alpha value is -2.95. The lowest BCUT2D eigenvalue weighted by Crippen LogP contribution is -2.30. The molecule has 148 valence electrons. The molecule has 2 rings (SSSR count). The molecule has 2 aromatic rings. The smallest absolute Gasteiger partial charge is 0.307 e. The summed E-state index contributed by atoms with van der Waals surface area (Å²) in [6.45, 7) is 9.18. The van der Waals surface area contributed by atoms with E-state index < -0.39 is 18.0 Å². The highest BCUT2D eigenvalue weighted by Crippen LogP contribution is 2.17. The number of aryl methyl sites for hydroxylation is 4. The fraction of sp³-hybridized carbons (Fsp3) is 0.348. The van der Waals surface area contributed by atoms with Crippen LogP contribution in [0.3, 0.4) is 0 Å². The number of esters is 1. The molecule has 28 heavy (non-hydrogen) atoms. The van der Waals surface area contributed by atoms with Crippen LogP contribution < -0.4 is 5.32 Å². The number of hydrogen-bond donors (Lipinski definition) is 1. The Morgan fingerprint density at radius 3 is 2.21 bits per heavy atom. The molecular formula is C23H27NO4. The number of Topliss-reactive ketones (excluding diaryl/α,β-unsaturated/α-hetero) is 1. The van der Waals surface area contributed by atoms with Crippen molar-refractivity contribution in [1.29, 1.82) is 0 Å². The van der Waals surface area contributed by atoms with Gasteiger partial charge < -0.3 is 10.1 Å². The van der Waals surface area contributed by atoms with Gasteiger partial charge >= 0.3 is 5.97 Å². The van der Waals surface area contributed by atoms with Crippen molar-refractivity contribution in [1.82, 2.24) is 0 Å². The lowest BCUT2D eigenvalue weighted by atomic mass is 9.99. The topological polar surface area (TPSA) is 72.5 Å². The lowest BCUT2D eigenvalue weighted by molar-refractivity contribution is -0.153. The largest absolute Gasteiger partial charge is 0.453 e. The number of anilines is 1. The van der Waals surface area contributed by atoms with Crippen LogP contribution in [0.15, 0.2) is 36.4 Å². The number of benzene rings is 2. The van der Waals surface area contributed by atoms with Gasteiger partial charge in [0.2, 0.25) is 0 Å². The molecule has 0 heterocycles. The molecule has 1 amide bonds. The molecular weight excluding hydrogens is 354 g/mol. The molecule has 0 aromatic heterocycles. The van der Waals surface area contributed by atoms with Crippen LogP contribution in [0.4, 0.5) is 5.69 Å². The van der Waals surface area contributed by atoms with Gasteiger partial charge in [-0.3, -0.25) is 14.4 Å². The van der Waals surface area contributed by atoms with Crippen LogP contribution in [0.1, 0.15) is 52.4 Å². The van der Waals surface area contributed by atoms with Crippen LogP contribution in [-0.2, 0) is 14.3 Å². The second kappa shape index (κ2) is 9.31. The molecule has 2 aromatic carbocycles. The van der Waals surface area contributed by atoms with Crippen LogP contribution in [0.2, 0.25) is 0 Å². The molecule has 0 radical (unpaired) electrons. The van der Waals surface area contributed by atoms with Gasteiger partial charge in [0.25, 0.3) is 5.91 Å². The fourth-order valence-electron chi connectivity index (χ4n) is 2.88. The normalized spacial score (nSPS) is 11.6. The Morgan fingerprint density at radius 1 is 0.893 bits per heavy atom. The Kier molecular flexibility index (Phi) is 7.10. The summed E-state index contributed by atoms with van der Waals surface area (Å²) in [5.74, 6) is -1.08. The number of carbonyl (C=O) groups is 3. The summed E-state index contributed by atoms with van der Waals surface area (Å²) in [6, 6.07) is 11.3. The highest BCUT2D eigenvalue weighted by Gasteiger charge is 2.20. The number of amides is 1. The molecule has 0 aliphatic rings. The Bertz CT molecular complexity index is 901. The van der Waals surface area contributed by atoms with E-state index in [1.807, 2.05) is 64.1 Å². The van der Waals surface area contributed by atoms with Crippen molar-refractivity contribution in [3.05, 3.63) is 64.2 Å². The molecule has 0 fully saturated rings. The van der Waals surface area contributed by atoms with E-state index in [0.717, 1.165) is 22.3 Å². The first-order valence-corrected chi connectivity index (χ1v) is 9.35. The second-order valence-electron chi connectivity index (χ2n) is 7.18. The van der Waals surface area contributed by atoms with Gasteiger partial charge in [0.1, 0.15) is 0 Å². The van der Waals surface area contributed by atoms with Crippen LogP contribution in [0.25, 0.3) is 0 Å². The molecule has 0 saturated heterocycles. The summed E-state index contributed by atoms with van der Waals surface area (Å²) in [4.78, 5) is 36.7. The SMILES string of the molecule is Cc1ccc(NC(=O)[C@@H](C)OC(=O)CCC(=O)c2cc(C)ccc2C)c(C)c1. The predicted molar refractivity (Wildman–Crippen MR) is 110 cm³/mol. The molecule has 0 unspecified atom stereocenters. The first kappa shape index (κ1) is 21.4. The van der Waals surface area contributed by atoms with Gasteiger partial charge in [-0.1, -0.05) is 35.4 Å². The van der Waals surface area contributed by atoms with E-state index in [1.165, 1.54) is 6.92 Å². The van der Waals surface area contributed by atoms with Gasteiger partial charge in [-0.25, -0.2) is 0 Å². The maximum atomic E-state index is 12.4. The zero-order chi connectivity index (χ0) is 20.8. The Labute approximate surface area is 166 Å². The van der Waals surface area contributed by atoms with Gasteiger partial charge in [0.05, 0.1) is 6.42 Å². The van der Waals surface area contributed by atoms with Crippen molar-refractivity contribution in [3.8, 4) is 0 Å². The van der Waals surface area contributed by atoms with Crippen LogP contribution in [0.5, 0.6) is 0 Å². The van der Waals surface area contributed by atoms with Crippen molar-refractivity contribution in [2.45, 2.75) is 53.6 Å². The van der Waals surface area contributed by atoms with Crippen LogP contribution >= 0.6 is 0 Å². The van der Waals surface area contributed by atoms with Gasteiger partial charge in [0.15, 0.2) is 11.9 Å². The Morgan fingerprint density at radius 2 is 1.54 bits per heavy atom. The predicted octanol–water partition coefficient (Wildman–Crippen LogP) is 4.45. The molecule has 0 bridgehead atoms. The first-order chi connectivity index (χ1) is 13.2. The summed E-state index contributed by atoms with van der Waals surface area (Å²) in [7, 11) is 0. The van der Waals surface area contributed by atoms with Crippen molar-refractivity contribution < 1.29 is 19.1 Å².